The maximum Gasteiger partial charge on any atom is 0.313 e. The van der Waals surface area contributed by atoms with Crippen LogP contribution in [0.15, 0.2) is 12.3 Å². The highest BCUT2D eigenvalue weighted by molar-refractivity contribution is 5.80. The van der Waals surface area contributed by atoms with Crippen molar-refractivity contribution in [3.63, 3.8) is 0 Å². The first-order chi connectivity index (χ1) is 11.9. The van der Waals surface area contributed by atoms with Crippen molar-refractivity contribution in [2.45, 2.75) is 26.2 Å². The predicted molar refractivity (Wildman–Crippen MR) is 92.8 cm³/mol. The Hall–Kier alpha value is -1.89. The van der Waals surface area contributed by atoms with Crippen LogP contribution in [0.4, 0.5) is 0 Å². The Morgan fingerprint density at radius 1 is 1.36 bits per heavy atom. The second kappa shape index (κ2) is 7.15. The molecule has 2 atom stereocenters. The molecular formula is C18H28N4O3. The van der Waals surface area contributed by atoms with Crippen LogP contribution >= 0.6 is 0 Å². The third-order valence-corrected chi connectivity index (χ3v) is 5.49. The van der Waals surface area contributed by atoms with Gasteiger partial charge in [-0.25, -0.2) is 0 Å². The van der Waals surface area contributed by atoms with Crippen LogP contribution in [0.25, 0.3) is 0 Å². The molecule has 25 heavy (non-hydrogen) atoms. The minimum absolute atomic E-state index is 0.0907. The highest BCUT2D eigenvalue weighted by atomic mass is 16.5. The Morgan fingerprint density at radius 2 is 2.16 bits per heavy atom. The van der Waals surface area contributed by atoms with Crippen molar-refractivity contribution >= 4 is 11.9 Å². The summed E-state index contributed by atoms with van der Waals surface area (Å²) in [6.07, 6.45) is 3.78. The molecule has 2 saturated heterocycles. The van der Waals surface area contributed by atoms with Gasteiger partial charge in [-0.15, -0.1) is 0 Å². The number of rotatable bonds is 4. The first kappa shape index (κ1) is 17.9. The maximum absolute atomic E-state index is 12.7. The summed E-state index contributed by atoms with van der Waals surface area (Å²) in [5.41, 5.74) is 0.321. The largest absolute Gasteiger partial charge is 0.466 e. The van der Waals surface area contributed by atoms with E-state index in [0.29, 0.717) is 26.1 Å². The highest BCUT2D eigenvalue weighted by Gasteiger charge is 2.53. The quantitative estimate of drug-likeness (QED) is 0.749. The molecule has 7 heteroatoms. The van der Waals surface area contributed by atoms with Crippen molar-refractivity contribution in [1.29, 1.82) is 0 Å². The zero-order valence-electron chi connectivity index (χ0n) is 15.4. The number of fused-ring (bicyclic) bond motifs is 1. The molecule has 7 nitrogen and oxygen atoms in total. The number of carbonyl (C=O) groups excluding carboxylic acids is 2. The summed E-state index contributed by atoms with van der Waals surface area (Å²) >= 11 is 0. The molecule has 2 aliphatic rings. The van der Waals surface area contributed by atoms with Gasteiger partial charge >= 0.3 is 5.97 Å². The van der Waals surface area contributed by atoms with Crippen molar-refractivity contribution in [3.8, 4) is 0 Å². The van der Waals surface area contributed by atoms with E-state index in [1.165, 1.54) is 0 Å². The smallest absolute Gasteiger partial charge is 0.313 e. The summed E-state index contributed by atoms with van der Waals surface area (Å²) in [7, 11) is 3.89. The average molecular weight is 348 g/mol. The normalized spacial score (nSPS) is 27.0. The SMILES string of the molecule is CCOC(=O)[C@]12CCCN(C(=O)Cc3ccn(C)n3)C[C@H]1CN(C)C2. The number of hydrogen-bond acceptors (Lipinski definition) is 5. The Labute approximate surface area is 148 Å². The first-order valence-electron chi connectivity index (χ1n) is 9.06. The molecule has 0 aliphatic carbocycles. The van der Waals surface area contributed by atoms with Crippen molar-refractivity contribution in [2.24, 2.45) is 18.4 Å². The number of hydrogen-bond donors (Lipinski definition) is 0. The van der Waals surface area contributed by atoms with Crippen molar-refractivity contribution in [3.05, 3.63) is 18.0 Å². The highest BCUT2D eigenvalue weighted by Crippen LogP contribution is 2.43. The fourth-order valence-electron chi connectivity index (χ4n) is 4.34. The molecule has 1 aromatic heterocycles. The van der Waals surface area contributed by atoms with Gasteiger partial charge in [0.15, 0.2) is 0 Å². The summed E-state index contributed by atoms with van der Waals surface area (Å²) in [6.45, 7) is 5.12. The van der Waals surface area contributed by atoms with Gasteiger partial charge in [-0.2, -0.15) is 5.10 Å². The number of aromatic nitrogens is 2. The van der Waals surface area contributed by atoms with Gasteiger partial charge in [0.25, 0.3) is 0 Å². The molecule has 1 aromatic rings. The molecule has 2 fully saturated rings. The van der Waals surface area contributed by atoms with E-state index in [1.807, 2.05) is 38.2 Å². The van der Waals surface area contributed by atoms with Crippen molar-refractivity contribution < 1.29 is 14.3 Å². The molecule has 0 N–H and O–H groups in total. The minimum atomic E-state index is -0.467. The Morgan fingerprint density at radius 3 is 2.84 bits per heavy atom. The van der Waals surface area contributed by atoms with Gasteiger partial charge < -0.3 is 14.5 Å². The van der Waals surface area contributed by atoms with Gasteiger partial charge in [-0.05, 0) is 32.9 Å². The van der Waals surface area contributed by atoms with E-state index in [0.717, 1.165) is 31.6 Å². The predicted octanol–water partition coefficient (Wildman–Crippen LogP) is 0.696. The number of amides is 1. The van der Waals surface area contributed by atoms with Gasteiger partial charge in [0.1, 0.15) is 0 Å². The molecular weight excluding hydrogens is 320 g/mol. The second-order valence-corrected chi connectivity index (χ2v) is 7.37. The summed E-state index contributed by atoms with van der Waals surface area (Å²) < 4.78 is 7.11. The van der Waals surface area contributed by atoms with Gasteiger partial charge in [0.2, 0.25) is 5.91 Å². The number of ether oxygens (including phenoxy) is 1. The number of esters is 1. The molecule has 0 unspecified atom stereocenters. The van der Waals surface area contributed by atoms with Crippen LogP contribution in [0.1, 0.15) is 25.5 Å². The molecule has 0 aromatic carbocycles. The second-order valence-electron chi connectivity index (χ2n) is 7.37. The maximum atomic E-state index is 12.7. The lowest BCUT2D eigenvalue weighted by atomic mass is 9.75. The fourth-order valence-corrected chi connectivity index (χ4v) is 4.34. The average Bonchev–Trinajstić information content (AvgIpc) is 3.05. The van der Waals surface area contributed by atoms with Crippen LogP contribution in [0.3, 0.4) is 0 Å². The van der Waals surface area contributed by atoms with Crippen LogP contribution in [-0.4, -0.2) is 71.3 Å². The summed E-state index contributed by atoms with van der Waals surface area (Å²) in [5, 5.41) is 4.30. The molecule has 3 heterocycles. The van der Waals surface area contributed by atoms with Crippen LogP contribution in [0, 0.1) is 11.3 Å². The minimum Gasteiger partial charge on any atom is -0.466 e. The lowest BCUT2D eigenvalue weighted by Gasteiger charge is -2.31. The van der Waals surface area contributed by atoms with E-state index in [-0.39, 0.29) is 17.8 Å². The van der Waals surface area contributed by atoms with Crippen molar-refractivity contribution in [2.75, 3.05) is 39.8 Å². The third-order valence-electron chi connectivity index (χ3n) is 5.49. The summed E-state index contributed by atoms with van der Waals surface area (Å²) in [5.74, 6) is 0.128. The molecule has 0 bridgehead atoms. The van der Waals surface area contributed by atoms with E-state index in [9.17, 15) is 9.59 Å². The monoisotopic (exact) mass is 348 g/mol. The van der Waals surface area contributed by atoms with E-state index in [4.69, 9.17) is 4.74 Å². The Bertz CT molecular complexity index is 644. The van der Waals surface area contributed by atoms with Crippen LogP contribution < -0.4 is 0 Å². The van der Waals surface area contributed by atoms with E-state index >= 15 is 0 Å². The molecule has 0 radical (unpaired) electrons. The molecule has 1 amide bonds. The van der Waals surface area contributed by atoms with Crippen LogP contribution in [0.5, 0.6) is 0 Å². The van der Waals surface area contributed by atoms with Crippen LogP contribution in [-0.2, 0) is 27.8 Å². The van der Waals surface area contributed by atoms with Gasteiger partial charge in [0, 0.05) is 45.3 Å². The molecule has 3 rings (SSSR count). The number of carbonyl (C=O) groups is 2. The van der Waals surface area contributed by atoms with Crippen molar-refractivity contribution in [1.82, 2.24) is 19.6 Å². The van der Waals surface area contributed by atoms with Gasteiger partial charge in [0.05, 0.1) is 24.1 Å². The zero-order valence-corrected chi connectivity index (χ0v) is 15.4. The molecule has 0 saturated carbocycles. The van der Waals surface area contributed by atoms with Crippen LogP contribution in [0.2, 0.25) is 0 Å². The lowest BCUT2D eigenvalue weighted by molar-refractivity contribution is -0.157. The fraction of sp³-hybridized carbons (Fsp3) is 0.722. The van der Waals surface area contributed by atoms with Gasteiger partial charge in [-0.3, -0.25) is 14.3 Å². The molecule has 138 valence electrons. The number of aryl methyl sites for hydroxylation is 1. The zero-order chi connectivity index (χ0) is 18.0. The summed E-state index contributed by atoms with van der Waals surface area (Å²) in [4.78, 5) is 29.6. The first-order valence-corrected chi connectivity index (χ1v) is 9.06. The molecule has 2 aliphatic heterocycles. The molecule has 0 spiro atoms. The van der Waals surface area contributed by atoms with E-state index in [1.54, 1.807) is 4.68 Å². The Kier molecular flexibility index (Phi) is 5.13. The van der Waals surface area contributed by atoms with E-state index in [2.05, 4.69) is 10.00 Å². The third kappa shape index (κ3) is 3.56. The Balaban J connectivity index is 1.73. The topological polar surface area (TPSA) is 67.7 Å². The van der Waals surface area contributed by atoms with Gasteiger partial charge in [-0.1, -0.05) is 0 Å². The standard InChI is InChI=1S/C18H28N4O3/c1-4-25-17(24)18-7-5-8-22(12-14(18)11-20(2)13-18)16(23)10-15-6-9-21(3)19-15/h6,9,14H,4-5,7-8,10-13H2,1-3H3/t14-,18+/m1/s1. The number of likely N-dealkylation sites (tertiary alicyclic amines) is 2. The lowest BCUT2D eigenvalue weighted by Crippen LogP contribution is -2.43. The summed E-state index contributed by atoms with van der Waals surface area (Å²) in [6, 6.07) is 1.88. The van der Waals surface area contributed by atoms with E-state index < -0.39 is 5.41 Å². The number of nitrogens with zero attached hydrogens (tertiary/aromatic N) is 4.